The number of hydrogen-bond acceptors (Lipinski definition) is 3. The van der Waals surface area contributed by atoms with Gasteiger partial charge in [-0.3, -0.25) is 4.79 Å². The largest absolute Gasteiger partial charge is 0.391 e. The summed E-state index contributed by atoms with van der Waals surface area (Å²) in [5, 5.41) is 10.2. The van der Waals surface area contributed by atoms with Crippen LogP contribution >= 0.6 is 0 Å². The molecule has 2 rings (SSSR count). The Morgan fingerprint density at radius 2 is 2.16 bits per heavy atom. The monoisotopic (exact) mass is 267 g/mol. The first-order valence-electron chi connectivity index (χ1n) is 6.32. The number of β-amino-alcohol motifs (C(OH)–C–C–N with tert-alkyl or cyclic N) is 1. The highest BCUT2D eigenvalue weighted by Crippen LogP contribution is 2.28. The van der Waals surface area contributed by atoms with Crippen molar-refractivity contribution in [3.05, 3.63) is 35.6 Å². The van der Waals surface area contributed by atoms with Crippen molar-refractivity contribution >= 4 is 5.91 Å². The third-order valence-corrected chi connectivity index (χ3v) is 3.50. The van der Waals surface area contributed by atoms with E-state index in [0.29, 0.717) is 19.5 Å². The van der Waals surface area contributed by atoms with E-state index in [9.17, 15) is 14.3 Å². The van der Waals surface area contributed by atoms with Crippen LogP contribution in [0.5, 0.6) is 0 Å². The zero-order valence-electron chi connectivity index (χ0n) is 10.9. The summed E-state index contributed by atoms with van der Waals surface area (Å²) in [6.07, 6.45) is 0.0439. The summed E-state index contributed by atoms with van der Waals surface area (Å²) in [6, 6.07) is 6.17. The molecule has 0 saturated carbocycles. The quantitative estimate of drug-likeness (QED) is 0.893. The molecule has 0 aliphatic carbocycles. The fourth-order valence-corrected chi connectivity index (χ4v) is 2.47. The topological polar surface area (TPSA) is 49.8 Å². The molecular formula is C14H18FNO3. The van der Waals surface area contributed by atoms with Crippen molar-refractivity contribution in [1.29, 1.82) is 0 Å². The van der Waals surface area contributed by atoms with Crippen molar-refractivity contribution in [3.63, 3.8) is 0 Å². The minimum Gasteiger partial charge on any atom is -0.391 e. The van der Waals surface area contributed by atoms with E-state index < -0.39 is 6.10 Å². The smallest absolute Gasteiger partial charge is 0.248 e. The van der Waals surface area contributed by atoms with E-state index in [2.05, 4.69) is 0 Å². The molecular weight excluding hydrogens is 249 g/mol. The van der Waals surface area contributed by atoms with E-state index >= 15 is 0 Å². The molecule has 5 heteroatoms. The summed E-state index contributed by atoms with van der Waals surface area (Å²) in [5.41, 5.74) is 0.910. The van der Waals surface area contributed by atoms with Crippen LogP contribution in [0.3, 0.4) is 0 Å². The lowest BCUT2D eigenvalue weighted by atomic mass is 9.87. The average molecular weight is 267 g/mol. The Morgan fingerprint density at radius 1 is 1.47 bits per heavy atom. The molecule has 0 radical (unpaired) electrons. The maximum atomic E-state index is 12.9. The Kier molecular flexibility index (Phi) is 4.50. The number of carbonyl (C=O) groups excluding carboxylic acids is 1. The number of rotatable bonds is 3. The second-order valence-electron chi connectivity index (χ2n) is 4.79. The van der Waals surface area contributed by atoms with Crippen LogP contribution in [0.4, 0.5) is 4.39 Å². The number of aliphatic hydroxyl groups is 1. The third-order valence-electron chi connectivity index (χ3n) is 3.50. The first-order chi connectivity index (χ1) is 9.11. The Morgan fingerprint density at radius 3 is 2.74 bits per heavy atom. The number of likely N-dealkylation sites (tertiary alicyclic amines) is 1. The molecule has 104 valence electrons. The van der Waals surface area contributed by atoms with Gasteiger partial charge in [0.15, 0.2) is 0 Å². The van der Waals surface area contributed by atoms with Crippen molar-refractivity contribution in [2.45, 2.75) is 18.4 Å². The summed E-state index contributed by atoms with van der Waals surface area (Å²) in [4.78, 5) is 13.3. The van der Waals surface area contributed by atoms with Gasteiger partial charge in [0, 0.05) is 26.1 Å². The van der Waals surface area contributed by atoms with Gasteiger partial charge < -0.3 is 14.7 Å². The lowest BCUT2D eigenvalue weighted by molar-refractivity contribution is -0.138. The minimum absolute atomic E-state index is 0.0356. The highest BCUT2D eigenvalue weighted by Gasteiger charge is 2.30. The minimum atomic E-state index is -0.625. The van der Waals surface area contributed by atoms with Crippen molar-refractivity contribution in [1.82, 2.24) is 4.90 Å². The predicted molar refractivity (Wildman–Crippen MR) is 68.2 cm³/mol. The zero-order chi connectivity index (χ0) is 13.8. The van der Waals surface area contributed by atoms with Gasteiger partial charge in [0.05, 0.1) is 6.10 Å². The van der Waals surface area contributed by atoms with Crippen LogP contribution in [-0.4, -0.2) is 48.8 Å². The Balaban J connectivity index is 2.00. The molecule has 4 nitrogen and oxygen atoms in total. The van der Waals surface area contributed by atoms with Crippen LogP contribution in [0.15, 0.2) is 24.3 Å². The molecule has 19 heavy (non-hydrogen) atoms. The van der Waals surface area contributed by atoms with Gasteiger partial charge in [0.25, 0.3) is 0 Å². The van der Waals surface area contributed by atoms with Gasteiger partial charge in [-0.05, 0) is 24.1 Å². The number of aliphatic hydroxyl groups excluding tert-OH is 1. The van der Waals surface area contributed by atoms with Crippen molar-refractivity contribution in [2.75, 3.05) is 26.8 Å². The van der Waals surface area contributed by atoms with Crippen LogP contribution in [0, 0.1) is 5.82 Å². The molecule has 1 aromatic rings. The molecule has 2 atom stereocenters. The molecule has 1 saturated heterocycles. The number of benzene rings is 1. The number of carbonyl (C=O) groups is 1. The van der Waals surface area contributed by atoms with Gasteiger partial charge in [0.2, 0.25) is 5.91 Å². The zero-order valence-corrected chi connectivity index (χ0v) is 10.9. The molecule has 1 N–H and O–H groups in total. The number of hydrogen-bond donors (Lipinski definition) is 1. The van der Waals surface area contributed by atoms with Gasteiger partial charge in [-0.15, -0.1) is 0 Å². The number of methoxy groups -OCH3 is 1. The average Bonchev–Trinajstić information content (AvgIpc) is 2.40. The van der Waals surface area contributed by atoms with E-state index in [0.717, 1.165) is 5.56 Å². The van der Waals surface area contributed by atoms with Gasteiger partial charge >= 0.3 is 0 Å². The lowest BCUT2D eigenvalue weighted by Crippen LogP contribution is -2.46. The van der Waals surface area contributed by atoms with Crippen LogP contribution in [-0.2, 0) is 9.53 Å². The molecule has 1 aromatic carbocycles. The number of amides is 1. The molecule has 1 heterocycles. The van der Waals surface area contributed by atoms with Crippen LogP contribution in [0.2, 0.25) is 0 Å². The van der Waals surface area contributed by atoms with Gasteiger partial charge in [-0.2, -0.15) is 0 Å². The lowest BCUT2D eigenvalue weighted by Gasteiger charge is -2.36. The van der Waals surface area contributed by atoms with Crippen LogP contribution in [0.25, 0.3) is 0 Å². The molecule has 0 unspecified atom stereocenters. The first-order valence-corrected chi connectivity index (χ1v) is 6.32. The maximum Gasteiger partial charge on any atom is 0.248 e. The van der Waals surface area contributed by atoms with Crippen LogP contribution in [0.1, 0.15) is 17.9 Å². The number of ether oxygens (including phenoxy) is 1. The summed E-state index contributed by atoms with van der Waals surface area (Å²) in [6.45, 7) is 0.916. The SMILES string of the molecule is COCC(=O)N1CC[C@@H](c2ccc(F)cc2)[C@H](O)C1. The van der Waals surface area contributed by atoms with E-state index in [4.69, 9.17) is 4.74 Å². The van der Waals surface area contributed by atoms with E-state index in [1.54, 1.807) is 17.0 Å². The number of nitrogens with zero attached hydrogens (tertiary/aromatic N) is 1. The van der Waals surface area contributed by atoms with Crippen molar-refractivity contribution in [3.8, 4) is 0 Å². The normalized spacial score (nSPS) is 23.4. The predicted octanol–water partition coefficient (Wildman–Crippen LogP) is 1.15. The van der Waals surface area contributed by atoms with E-state index in [1.165, 1.54) is 19.2 Å². The standard InChI is InChI=1S/C14H18FNO3/c1-19-9-14(18)16-7-6-12(13(17)8-16)10-2-4-11(15)5-3-10/h2-5,12-13,17H,6-9H2,1H3/t12-,13+/m0/s1. The summed E-state index contributed by atoms with van der Waals surface area (Å²) in [7, 11) is 1.47. The summed E-state index contributed by atoms with van der Waals surface area (Å²) in [5.74, 6) is -0.447. The van der Waals surface area contributed by atoms with E-state index in [-0.39, 0.29) is 24.2 Å². The highest BCUT2D eigenvalue weighted by molar-refractivity contribution is 5.77. The molecule has 0 bridgehead atoms. The van der Waals surface area contributed by atoms with Crippen molar-refractivity contribution < 1.29 is 19.0 Å². The second kappa shape index (κ2) is 6.12. The molecule has 1 aliphatic rings. The second-order valence-corrected chi connectivity index (χ2v) is 4.79. The number of piperidine rings is 1. The Bertz CT molecular complexity index is 435. The van der Waals surface area contributed by atoms with Crippen molar-refractivity contribution in [2.24, 2.45) is 0 Å². The third kappa shape index (κ3) is 3.30. The van der Waals surface area contributed by atoms with Gasteiger partial charge in [-0.1, -0.05) is 12.1 Å². The van der Waals surface area contributed by atoms with Gasteiger partial charge in [0.1, 0.15) is 12.4 Å². The molecule has 0 aromatic heterocycles. The van der Waals surface area contributed by atoms with E-state index in [1.807, 2.05) is 0 Å². The molecule has 0 spiro atoms. The Labute approximate surface area is 111 Å². The summed E-state index contributed by atoms with van der Waals surface area (Å²) >= 11 is 0. The van der Waals surface area contributed by atoms with Crippen LogP contribution < -0.4 is 0 Å². The first kappa shape index (κ1) is 14.0. The van der Waals surface area contributed by atoms with Gasteiger partial charge in [-0.25, -0.2) is 4.39 Å². The Hall–Kier alpha value is -1.46. The maximum absolute atomic E-state index is 12.9. The fourth-order valence-electron chi connectivity index (χ4n) is 2.47. The highest BCUT2D eigenvalue weighted by atomic mass is 19.1. The fraction of sp³-hybridized carbons (Fsp3) is 0.500. The molecule has 1 fully saturated rings. The number of halogens is 1. The molecule has 1 aliphatic heterocycles. The molecule has 1 amide bonds. The summed E-state index contributed by atoms with van der Waals surface area (Å²) < 4.78 is 17.7.